The molecule has 1 aromatic rings. The summed E-state index contributed by atoms with van der Waals surface area (Å²) >= 11 is 0. The fourth-order valence-electron chi connectivity index (χ4n) is 6.20. The number of primary amides is 1. The lowest BCUT2D eigenvalue weighted by Crippen LogP contribution is -2.63. The van der Waals surface area contributed by atoms with Gasteiger partial charge in [0.1, 0.15) is 22.8 Å². The lowest BCUT2D eigenvalue weighted by molar-refractivity contribution is -0.148. The van der Waals surface area contributed by atoms with Crippen LogP contribution in [0.4, 0.5) is 5.69 Å². The number of carbonyl (C=O) groups excluding carboxylic acids is 4. The third-order valence-corrected chi connectivity index (χ3v) is 7.96. The van der Waals surface area contributed by atoms with Crippen LogP contribution in [0, 0.1) is 11.8 Å². The minimum absolute atomic E-state index is 0.0157. The summed E-state index contributed by atoms with van der Waals surface area (Å²) in [7, 11) is 6.59. The van der Waals surface area contributed by atoms with E-state index in [4.69, 9.17) is 5.73 Å². The highest BCUT2D eigenvalue weighted by atomic mass is 16.3. The Labute approximate surface area is 225 Å². The van der Waals surface area contributed by atoms with Crippen molar-refractivity contribution < 1.29 is 39.6 Å². The minimum atomic E-state index is -2.72. The maximum atomic E-state index is 14.0. The second-order valence-electron chi connectivity index (χ2n) is 10.8. The number of phenolic OH excluding ortho intramolecular Hbond substituents is 1. The predicted octanol–water partition coefficient (Wildman–Crippen LogP) is 0.326. The first-order valence-corrected chi connectivity index (χ1v) is 12.7. The number of allylic oxidation sites excluding steroid dienone is 1. The summed E-state index contributed by atoms with van der Waals surface area (Å²) in [4.78, 5) is 55.5. The first kappa shape index (κ1) is 28.1. The summed E-state index contributed by atoms with van der Waals surface area (Å²) in [5.41, 5.74) is 2.12. The van der Waals surface area contributed by atoms with E-state index < -0.39 is 69.7 Å². The molecule has 12 heteroatoms. The van der Waals surface area contributed by atoms with Crippen molar-refractivity contribution in [2.24, 2.45) is 17.6 Å². The van der Waals surface area contributed by atoms with Crippen LogP contribution in [0.3, 0.4) is 0 Å². The molecule has 0 heterocycles. The number of ketones is 2. The molecule has 0 fully saturated rings. The number of carbonyl (C=O) groups is 4. The van der Waals surface area contributed by atoms with E-state index >= 15 is 0 Å². The van der Waals surface area contributed by atoms with Crippen LogP contribution in [0.25, 0.3) is 0 Å². The number of nitrogens with two attached hydrogens (primary N) is 1. The minimum Gasteiger partial charge on any atom is -0.510 e. The van der Waals surface area contributed by atoms with Crippen molar-refractivity contribution in [3.05, 3.63) is 45.4 Å². The van der Waals surface area contributed by atoms with Gasteiger partial charge < -0.3 is 36.4 Å². The molecule has 0 unspecified atom stereocenters. The zero-order chi connectivity index (χ0) is 29.1. The molecule has 0 saturated carbocycles. The van der Waals surface area contributed by atoms with E-state index in [0.29, 0.717) is 24.2 Å². The summed E-state index contributed by atoms with van der Waals surface area (Å²) in [6.45, 7) is 2.21. The highest BCUT2D eigenvalue weighted by molar-refractivity contribution is 6.25. The number of nitrogens with zero attached hydrogens (tertiary/aromatic N) is 2. The normalized spacial score (nSPS) is 26.3. The van der Waals surface area contributed by atoms with Gasteiger partial charge in [-0.05, 0) is 50.9 Å². The molecule has 0 bridgehead atoms. The van der Waals surface area contributed by atoms with Gasteiger partial charge in [-0.1, -0.05) is 6.92 Å². The van der Waals surface area contributed by atoms with Crippen LogP contribution in [0.1, 0.15) is 46.0 Å². The number of likely N-dealkylation sites (N-methyl/N-ethyl adjacent to an activating group) is 1. The van der Waals surface area contributed by atoms with E-state index in [9.17, 15) is 39.6 Å². The third kappa shape index (κ3) is 3.97. The van der Waals surface area contributed by atoms with E-state index in [1.807, 2.05) is 6.92 Å². The van der Waals surface area contributed by atoms with Gasteiger partial charge in [-0.15, -0.1) is 0 Å². The molecule has 1 aromatic carbocycles. The predicted molar refractivity (Wildman–Crippen MR) is 141 cm³/mol. The van der Waals surface area contributed by atoms with Crippen molar-refractivity contribution in [2.45, 2.75) is 37.8 Å². The number of amides is 2. The topological polar surface area (TPSA) is 194 Å². The van der Waals surface area contributed by atoms with E-state index in [2.05, 4.69) is 5.32 Å². The van der Waals surface area contributed by atoms with Crippen LogP contribution in [-0.2, 0) is 16.0 Å². The molecule has 210 valence electrons. The summed E-state index contributed by atoms with van der Waals surface area (Å²) < 4.78 is 0. The van der Waals surface area contributed by atoms with Crippen LogP contribution < -0.4 is 16.0 Å². The second-order valence-corrected chi connectivity index (χ2v) is 10.8. The fourth-order valence-corrected chi connectivity index (χ4v) is 6.20. The number of fused-ring (bicyclic) bond motifs is 3. The Morgan fingerprint density at radius 1 is 1.15 bits per heavy atom. The third-order valence-electron chi connectivity index (χ3n) is 7.96. The fraction of sp³-hybridized carbons (Fsp3) is 0.481. The van der Waals surface area contributed by atoms with Crippen molar-refractivity contribution in [1.82, 2.24) is 10.2 Å². The van der Waals surface area contributed by atoms with Crippen LogP contribution in [0.5, 0.6) is 5.75 Å². The van der Waals surface area contributed by atoms with Crippen LogP contribution in [-0.4, -0.2) is 95.1 Å². The molecule has 3 aliphatic rings. The summed E-state index contributed by atoms with van der Waals surface area (Å²) in [6.07, 6.45) is 0.767. The summed E-state index contributed by atoms with van der Waals surface area (Å²) in [5, 5.41) is 47.8. The molecule has 0 saturated heterocycles. The Morgan fingerprint density at radius 2 is 1.79 bits per heavy atom. The Morgan fingerprint density at radius 3 is 2.33 bits per heavy atom. The quantitative estimate of drug-likeness (QED) is 0.273. The van der Waals surface area contributed by atoms with Crippen molar-refractivity contribution >= 4 is 29.1 Å². The molecular weight excluding hydrogens is 508 g/mol. The lowest BCUT2D eigenvalue weighted by atomic mass is 9.58. The van der Waals surface area contributed by atoms with E-state index in [-0.39, 0.29) is 29.5 Å². The van der Waals surface area contributed by atoms with Crippen LogP contribution >= 0.6 is 0 Å². The number of nitrogens with one attached hydrogen (secondary N) is 1. The van der Waals surface area contributed by atoms with Crippen molar-refractivity contribution in [1.29, 1.82) is 0 Å². The number of aromatic hydroxyl groups is 1. The maximum Gasteiger partial charge on any atom is 0.255 e. The molecule has 39 heavy (non-hydrogen) atoms. The summed E-state index contributed by atoms with van der Waals surface area (Å²) in [6, 6.07) is 0.433. The van der Waals surface area contributed by atoms with Gasteiger partial charge in [0.25, 0.3) is 11.8 Å². The molecule has 4 atom stereocenters. The van der Waals surface area contributed by atoms with E-state index in [1.54, 1.807) is 33.1 Å². The molecule has 12 nitrogen and oxygen atoms in total. The van der Waals surface area contributed by atoms with Gasteiger partial charge in [0.05, 0.1) is 17.2 Å². The Balaban J connectivity index is 1.96. The van der Waals surface area contributed by atoms with Gasteiger partial charge in [0.2, 0.25) is 5.78 Å². The zero-order valence-corrected chi connectivity index (χ0v) is 22.5. The molecular formula is C27H34N4O8. The Kier molecular flexibility index (Phi) is 6.98. The SMILES string of the molecule is CCCNC(=O)c1cc(N(C)C)c2c(c1O)C(=O)C1=C(O)[C@]3(O)C(=O)C(C(N)=O)=C(O)[C@@H](N(C)C)[C@@H]3C[C@@H]1C2. The molecule has 3 aliphatic carbocycles. The smallest absolute Gasteiger partial charge is 0.255 e. The highest BCUT2D eigenvalue weighted by Gasteiger charge is 2.63. The number of phenols is 1. The first-order valence-electron chi connectivity index (χ1n) is 12.7. The number of aliphatic hydroxyl groups is 3. The molecule has 0 aliphatic heterocycles. The largest absolute Gasteiger partial charge is 0.510 e. The van der Waals surface area contributed by atoms with E-state index in [0.717, 1.165) is 0 Å². The van der Waals surface area contributed by atoms with Gasteiger partial charge in [-0.2, -0.15) is 0 Å². The number of hydrogen-bond acceptors (Lipinski definition) is 10. The van der Waals surface area contributed by atoms with Crippen molar-refractivity contribution in [3.63, 3.8) is 0 Å². The average Bonchev–Trinajstić information content (AvgIpc) is 2.84. The van der Waals surface area contributed by atoms with Crippen LogP contribution in [0.15, 0.2) is 28.7 Å². The van der Waals surface area contributed by atoms with Gasteiger partial charge in [-0.3, -0.25) is 24.1 Å². The van der Waals surface area contributed by atoms with Gasteiger partial charge in [0.15, 0.2) is 11.4 Å². The maximum absolute atomic E-state index is 14.0. The van der Waals surface area contributed by atoms with Crippen molar-refractivity contribution in [2.75, 3.05) is 39.6 Å². The molecule has 2 amide bonds. The number of anilines is 1. The molecule has 0 spiro atoms. The lowest BCUT2D eigenvalue weighted by Gasteiger charge is -2.50. The molecule has 4 rings (SSSR count). The number of Topliss-reactive ketones (excluding diaryl/α,β-unsaturated/α-hetero) is 2. The van der Waals surface area contributed by atoms with Gasteiger partial charge >= 0.3 is 0 Å². The number of rotatable bonds is 6. The monoisotopic (exact) mass is 542 g/mol. The zero-order valence-electron chi connectivity index (χ0n) is 22.5. The highest BCUT2D eigenvalue weighted by Crippen LogP contribution is 2.53. The number of benzene rings is 1. The molecule has 7 N–H and O–H groups in total. The standard InChI is InChI=1S/C27H34N4O8/c1-6-7-29-26(38)13-10-15(30(2)3)12-8-11-9-14-19(31(4)5)22(34)18(25(28)37)24(36)27(14,39)23(35)16(11)21(33)17(12)20(13)32/h10-11,14,19,32,34-35,39H,6-9H2,1-5H3,(H2,28,37)(H,29,38)/t11-,14-,19-,27-/m0/s1. The Bertz CT molecular complexity index is 1360. The van der Waals surface area contributed by atoms with Crippen molar-refractivity contribution in [3.8, 4) is 5.75 Å². The van der Waals surface area contributed by atoms with Crippen LogP contribution in [0.2, 0.25) is 0 Å². The van der Waals surface area contributed by atoms with E-state index in [1.165, 1.54) is 11.0 Å². The summed E-state index contributed by atoms with van der Waals surface area (Å²) in [5.74, 6) is -7.97. The number of hydrogen-bond donors (Lipinski definition) is 6. The Hall–Kier alpha value is -3.90. The second kappa shape index (κ2) is 9.69. The average molecular weight is 543 g/mol. The van der Waals surface area contributed by atoms with Gasteiger partial charge in [0, 0.05) is 37.8 Å². The number of aliphatic hydroxyl groups excluding tert-OH is 2. The molecule has 0 radical (unpaired) electrons. The molecule has 0 aromatic heterocycles. The van der Waals surface area contributed by atoms with Gasteiger partial charge in [-0.25, -0.2) is 0 Å². The first-order chi connectivity index (χ1) is 18.2.